The van der Waals surface area contributed by atoms with Crippen molar-refractivity contribution in [1.82, 2.24) is 5.16 Å². The first-order valence-corrected chi connectivity index (χ1v) is 6.98. The second-order valence-electron chi connectivity index (χ2n) is 3.73. The van der Waals surface area contributed by atoms with Gasteiger partial charge in [-0.1, -0.05) is 35.5 Å². The number of hydrogen-bond acceptors (Lipinski definition) is 4. The number of nitrogen functional groups attached to an aromatic ring is 1. The lowest BCUT2D eigenvalue weighted by atomic mass is 10.1. The lowest BCUT2D eigenvalue weighted by Crippen LogP contribution is -1.86. The molecule has 0 aliphatic heterocycles. The fourth-order valence-electron chi connectivity index (χ4n) is 1.80. The summed E-state index contributed by atoms with van der Waals surface area (Å²) in [5.74, 6) is 0.344. The molecule has 0 atom stereocenters. The maximum absolute atomic E-state index is 5.89. The van der Waals surface area contributed by atoms with Gasteiger partial charge in [0.2, 0.25) is 5.88 Å². The summed E-state index contributed by atoms with van der Waals surface area (Å²) in [6.45, 7) is 0. The van der Waals surface area contributed by atoms with E-state index in [4.69, 9.17) is 10.3 Å². The highest BCUT2D eigenvalue weighted by Gasteiger charge is 2.19. The Balaban J connectivity index is 2.22. The third kappa shape index (κ3) is 1.85. The van der Waals surface area contributed by atoms with Crippen molar-refractivity contribution in [3.05, 3.63) is 46.3 Å². The molecule has 0 radical (unpaired) electrons. The largest absolute Gasteiger partial charge is 0.367 e. The van der Waals surface area contributed by atoms with Crippen LogP contribution in [0.25, 0.3) is 21.7 Å². The van der Waals surface area contributed by atoms with Crippen molar-refractivity contribution in [2.45, 2.75) is 0 Å². The molecule has 1 aromatic carbocycles. The van der Waals surface area contributed by atoms with Crippen molar-refractivity contribution in [2.24, 2.45) is 0 Å². The summed E-state index contributed by atoms with van der Waals surface area (Å²) < 4.78 is 6.14. The number of nitrogens with zero attached hydrogens (tertiary/aromatic N) is 1. The molecule has 3 rings (SSSR count). The molecule has 2 N–H and O–H groups in total. The van der Waals surface area contributed by atoms with E-state index in [2.05, 4.69) is 21.1 Å². The van der Waals surface area contributed by atoms with Crippen LogP contribution in [0.3, 0.4) is 0 Å². The highest BCUT2D eigenvalue weighted by atomic mass is 79.9. The molecule has 0 fully saturated rings. The minimum absolute atomic E-state index is 0.344. The molecular weight excluding hydrogens is 312 g/mol. The maximum atomic E-state index is 5.89. The first-order chi connectivity index (χ1) is 8.77. The Bertz CT molecular complexity index is 675. The molecule has 90 valence electrons. The number of aromatic nitrogens is 1. The maximum Gasteiger partial charge on any atom is 0.230 e. The standard InChI is InChI=1S/C13H9BrN2OS/c14-9-6-7-18-12(9)11-10(13(15)17-16-11)8-4-2-1-3-5-8/h1-7H,15H2. The van der Waals surface area contributed by atoms with E-state index in [1.165, 1.54) is 0 Å². The summed E-state index contributed by atoms with van der Waals surface area (Å²) in [6.07, 6.45) is 0. The molecule has 2 heterocycles. The molecule has 0 aliphatic carbocycles. The van der Waals surface area contributed by atoms with Gasteiger partial charge in [-0.2, -0.15) is 0 Å². The number of hydrogen-bond donors (Lipinski definition) is 1. The SMILES string of the molecule is Nc1onc(-c2sccc2Br)c1-c1ccccc1. The zero-order chi connectivity index (χ0) is 12.5. The number of thiophene rings is 1. The Morgan fingerprint density at radius 2 is 1.94 bits per heavy atom. The van der Waals surface area contributed by atoms with Gasteiger partial charge in [-0.15, -0.1) is 11.3 Å². The monoisotopic (exact) mass is 320 g/mol. The zero-order valence-electron chi connectivity index (χ0n) is 9.26. The second kappa shape index (κ2) is 4.59. The Morgan fingerprint density at radius 1 is 1.17 bits per heavy atom. The Kier molecular flexibility index (Phi) is 2.93. The van der Waals surface area contributed by atoms with Crippen molar-refractivity contribution >= 4 is 33.2 Å². The fraction of sp³-hybridized carbons (Fsp3) is 0. The highest BCUT2D eigenvalue weighted by Crippen LogP contribution is 2.41. The smallest absolute Gasteiger partial charge is 0.230 e. The van der Waals surface area contributed by atoms with E-state index in [9.17, 15) is 0 Å². The van der Waals surface area contributed by atoms with Gasteiger partial charge in [-0.3, -0.25) is 0 Å². The van der Waals surface area contributed by atoms with E-state index in [0.29, 0.717) is 5.88 Å². The number of nitrogens with two attached hydrogens (primary N) is 1. The van der Waals surface area contributed by atoms with E-state index in [1.54, 1.807) is 11.3 Å². The molecule has 5 heteroatoms. The third-order valence-corrected chi connectivity index (χ3v) is 4.46. The Labute approximate surface area is 116 Å². The van der Waals surface area contributed by atoms with Gasteiger partial charge in [0.05, 0.1) is 10.4 Å². The van der Waals surface area contributed by atoms with Crippen molar-refractivity contribution in [3.63, 3.8) is 0 Å². The molecule has 0 unspecified atom stereocenters. The normalized spacial score (nSPS) is 10.7. The van der Waals surface area contributed by atoms with Gasteiger partial charge in [0, 0.05) is 4.47 Å². The average Bonchev–Trinajstić information content (AvgIpc) is 2.96. The molecule has 3 aromatic rings. The van der Waals surface area contributed by atoms with E-state index >= 15 is 0 Å². The van der Waals surface area contributed by atoms with Crippen molar-refractivity contribution < 1.29 is 4.52 Å². The summed E-state index contributed by atoms with van der Waals surface area (Å²) in [7, 11) is 0. The quantitative estimate of drug-likeness (QED) is 0.760. The predicted molar refractivity (Wildman–Crippen MR) is 77.4 cm³/mol. The number of halogens is 1. The van der Waals surface area contributed by atoms with Crippen LogP contribution >= 0.6 is 27.3 Å². The van der Waals surface area contributed by atoms with Gasteiger partial charge >= 0.3 is 0 Å². The fourth-order valence-corrected chi connectivity index (χ4v) is 3.35. The molecule has 0 saturated carbocycles. The van der Waals surface area contributed by atoms with E-state index < -0.39 is 0 Å². The van der Waals surface area contributed by atoms with Gasteiger partial charge < -0.3 is 10.3 Å². The molecular formula is C13H9BrN2OS. The van der Waals surface area contributed by atoms with Crippen LogP contribution in [-0.4, -0.2) is 5.16 Å². The van der Waals surface area contributed by atoms with Crippen LogP contribution in [0.5, 0.6) is 0 Å². The van der Waals surface area contributed by atoms with Crippen molar-refractivity contribution in [3.8, 4) is 21.7 Å². The van der Waals surface area contributed by atoms with Gasteiger partial charge in [-0.05, 0) is 32.9 Å². The number of benzene rings is 1. The van der Waals surface area contributed by atoms with Crippen molar-refractivity contribution in [1.29, 1.82) is 0 Å². The van der Waals surface area contributed by atoms with Gasteiger partial charge in [0.1, 0.15) is 5.69 Å². The highest BCUT2D eigenvalue weighted by molar-refractivity contribution is 9.10. The van der Waals surface area contributed by atoms with Gasteiger partial charge in [0.15, 0.2) is 0 Å². The third-order valence-electron chi connectivity index (χ3n) is 2.61. The van der Waals surface area contributed by atoms with Crippen LogP contribution in [0, 0.1) is 0 Å². The molecule has 0 saturated heterocycles. The van der Waals surface area contributed by atoms with Crippen LogP contribution in [0.15, 0.2) is 50.8 Å². The lowest BCUT2D eigenvalue weighted by molar-refractivity contribution is 0.439. The minimum Gasteiger partial charge on any atom is -0.367 e. The van der Waals surface area contributed by atoms with Gasteiger partial charge in [0.25, 0.3) is 0 Å². The Hall–Kier alpha value is -1.59. The van der Waals surface area contributed by atoms with Crippen LogP contribution < -0.4 is 5.73 Å². The molecule has 0 aliphatic rings. The molecule has 2 aromatic heterocycles. The molecule has 3 nitrogen and oxygen atoms in total. The van der Waals surface area contributed by atoms with Crippen LogP contribution in [-0.2, 0) is 0 Å². The lowest BCUT2D eigenvalue weighted by Gasteiger charge is -2.01. The first-order valence-electron chi connectivity index (χ1n) is 5.31. The van der Waals surface area contributed by atoms with Crippen molar-refractivity contribution in [2.75, 3.05) is 5.73 Å². The summed E-state index contributed by atoms with van der Waals surface area (Å²) in [4.78, 5) is 1.02. The van der Waals surface area contributed by atoms with Gasteiger partial charge in [-0.25, -0.2) is 0 Å². The predicted octanol–water partition coefficient (Wildman–Crippen LogP) is 4.41. The average molecular weight is 321 g/mol. The summed E-state index contributed by atoms with van der Waals surface area (Å²) >= 11 is 5.11. The minimum atomic E-state index is 0.344. The number of rotatable bonds is 2. The summed E-state index contributed by atoms with van der Waals surface area (Å²) in [5.41, 5.74) is 8.52. The van der Waals surface area contributed by atoms with E-state index in [0.717, 1.165) is 26.2 Å². The Morgan fingerprint density at radius 3 is 2.61 bits per heavy atom. The first kappa shape index (κ1) is 11.5. The van der Waals surface area contributed by atoms with Crippen LogP contribution in [0.1, 0.15) is 0 Å². The van der Waals surface area contributed by atoms with Crippen LogP contribution in [0.4, 0.5) is 5.88 Å². The molecule has 0 spiro atoms. The second-order valence-corrected chi connectivity index (χ2v) is 5.50. The van der Waals surface area contributed by atoms with E-state index in [1.807, 2.05) is 41.8 Å². The molecule has 18 heavy (non-hydrogen) atoms. The summed E-state index contributed by atoms with van der Waals surface area (Å²) in [5, 5.41) is 6.07. The topological polar surface area (TPSA) is 52.0 Å². The summed E-state index contributed by atoms with van der Waals surface area (Å²) in [6, 6.07) is 11.9. The zero-order valence-corrected chi connectivity index (χ0v) is 11.7. The molecule has 0 bridgehead atoms. The number of anilines is 1. The van der Waals surface area contributed by atoms with E-state index in [-0.39, 0.29) is 0 Å². The van der Waals surface area contributed by atoms with Crippen LogP contribution in [0.2, 0.25) is 0 Å². The molecule has 0 amide bonds.